The first kappa shape index (κ1) is 58.2. The second kappa shape index (κ2) is 22.6. The van der Waals surface area contributed by atoms with Crippen LogP contribution in [0.4, 0.5) is 0 Å². The molecule has 0 aromatic rings. The standard InChI is InChI=1S/C55H93NO15/c1-33-34-20-24-53(8)51(6)23-22-38(60)50(5,32-59)37(51)21-25-54(53,9)52(34,7)29-39(61)55(33,27-26-49(2,3)4)48(66)71-47-45(67-10)43(64)41(35(30-57)69-47)56-40(62)19-17-15-13-11-12-14-16-18-28-68-46-44(65)42(63)36(31-58)70-46/h20,32-33,35-39,41-47,57-58,60-61,63-65H,11-19,21-31H2,1-10H3,(H,56,62)/t33?,35-,36+,37+,38?,39-,41?,42?,43?,44?,45?,46-,47+,50?,51?,52-,53?,54+,55?/m1/s1. The summed E-state index contributed by atoms with van der Waals surface area (Å²) >= 11 is 0. The first-order valence-electron chi connectivity index (χ1n) is 27.1. The van der Waals surface area contributed by atoms with Gasteiger partial charge in [-0.25, -0.2) is 0 Å². The van der Waals surface area contributed by atoms with E-state index in [0.717, 1.165) is 82.5 Å². The van der Waals surface area contributed by atoms with Crippen LogP contribution in [-0.2, 0) is 38.1 Å². The molecule has 19 atom stereocenters. The lowest BCUT2D eigenvalue weighted by atomic mass is 9.29. The van der Waals surface area contributed by atoms with Crippen molar-refractivity contribution in [2.75, 3.05) is 26.9 Å². The van der Waals surface area contributed by atoms with E-state index in [1.54, 1.807) is 0 Å². The van der Waals surface area contributed by atoms with Crippen LogP contribution in [0.15, 0.2) is 11.6 Å². The summed E-state index contributed by atoms with van der Waals surface area (Å²) in [5.74, 6) is -1.45. The van der Waals surface area contributed by atoms with E-state index in [9.17, 15) is 45.3 Å². The molecule has 2 heterocycles. The number of fused-ring (bicyclic) bond motifs is 5. The van der Waals surface area contributed by atoms with Gasteiger partial charge in [0.15, 0.2) is 6.29 Å². The van der Waals surface area contributed by atoms with Gasteiger partial charge in [0.05, 0.1) is 36.9 Å². The van der Waals surface area contributed by atoms with Gasteiger partial charge in [0.25, 0.3) is 0 Å². The van der Waals surface area contributed by atoms with Crippen LogP contribution in [-0.4, -0.2) is 148 Å². The molecule has 2 aliphatic heterocycles. The summed E-state index contributed by atoms with van der Waals surface area (Å²) in [6.45, 7) is 18.9. The van der Waals surface area contributed by atoms with Crippen molar-refractivity contribution in [1.82, 2.24) is 5.32 Å². The van der Waals surface area contributed by atoms with Gasteiger partial charge in [0.1, 0.15) is 48.3 Å². The minimum atomic E-state index is -1.45. The van der Waals surface area contributed by atoms with Crippen LogP contribution in [0.5, 0.6) is 0 Å². The van der Waals surface area contributed by atoms with Gasteiger partial charge in [0, 0.05) is 20.1 Å². The molecule has 408 valence electrons. The molecule has 16 nitrogen and oxygen atoms in total. The number of carbonyl (C=O) groups excluding carboxylic acids is 3. The van der Waals surface area contributed by atoms with E-state index in [2.05, 4.69) is 59.9 Å². The van der Waals surface area contributed by atoms with E-state index in [4.69, 9.17) is 23.7 Å². The highest BCUT2D eigenvalue weighted by Crippen LogP contribution is 2.79. The third kappa shape index (κ3) is 10.5. The molecule has 0 aromatic carbocycles. The van der Waals surface area contributed by atoms with E-state index in [0.29, 0.717) is 38.7 Å². The average molecular weight is 1010 g/mol. The predicted molar refractivity (Wildman–Crippen MR) is 264 cm³/mol. The topological polar surface area (TPSA) is 251 Å². The molecule has 3 saturated carbocycles. The number of nitrogens with one attached hydrogen (secondary N) is 1. The quantitative estimate of drug-likeness (QED) is 0.0310. The molecule has 4 aliphatic carbocycles. The number of ether oxygens (including phenoxy) is 5. The number of aliphatic hydroxyl groups is 7. The summed E-state index contributed by atoms with van der Waals surface area (Å²) in [6.07, 6.45) is 4.25. The van der Waals surface area contributed by atoms with Gasteiger partial charge in [-0.15, -0.1) is 0 Å². The number of hydrogen-bond donors (Lipinski definition) is 8. The van der Waals surface area contributed by atoms with Crippen molar-refractivity contribution in [1.29, 1.82) is 0 Å². The van der Waals surface area contributed by atoms with E-state index in [1.807, 2.05) is 13.8 Å². The van der Waals surface area contributed by atoms with Crippen molar-refractivity contribution in [3.8, 4) is 0 Å². The second-order valence-corrected chi connectivity index (χ2v) is 25.0. The molecule has 6 aliphatic rings. The number of aldehydes is 1. The Bertz CT molecular complexity index is 1860. The molecular formula is C55H93NO15. The van der Waals surface area contributed by atoms with Crippen molar-refractivity contribution < 1.29 is 73.8 Å². The van der Waals surface area contributed by atoms with Gasteiger partial charge in [-0.05, 0) is 103 Å². The van der Waals surface area contributed by atoms with Crippen LogP contribution < -0.4 is 5.32 Å². The normalized spacial score (nSPS) is 44.5. The van der Waals surface area contributed by atoms with Crippen molar-refractivity contribution >= 4 is 18.2 Å². The van der Waals surface area contributed by atoms with Crippen molar-refractivity contribution in [3.05, 3.63) is 11.6 Å². The smallest absolute Gasteiger partial charge is 0.317 e. The lowest BCUT2D eigenvalue weighted by molar-refractivity contribution is -0.286. The van der Waals surface area contributed by atoms with Crippen LogP contribution in [0.3, 0.4) is 0 Å². The molecule has 0 spiro atoms. The molecule has 2 saturated heterocycles. The Morgan fingerprint density at radius 1 is 0.803 bits per heavy atom. The molecule has 0 bridgehead atoms. The molecule has 71 heavy (non-hydrogen) atoms. The number of carbonyl (C=O) groups is 3. The second-order valence-electron chi connectivity index (χ2n) is 25.0. The van der Waals surface area contributed by atoms with E-state index >= 15 is 4.79 Å². The monoisotopic (exact) mass is 1010 g/mol. The molecule has 11 unspecified atom stereocenters. The molecule has 0 radical (unpaired) electrons. The van der Waals surface area contributed by atoms with Crippen LogP contribution >= 0.6 is 0 Å². The highest BCUT2D eigenvalue weighted by atomic mass is 16.7. The third-order valence-corrected chi connectivity index (χ3v) is 20.3. The Labute approximate surface area is 423 Å². The van der Waals surface area contributed by atoms with Gasteiger partial charge in [0.2, 0.25) is 12.2 Å². The van der Waals surface area contributed by atoms with Gasteiger partial charge < -0.3 is 69.5 Å². The Morgan fingerprint density at radius 2 is 1.42 bits per heavy atom. The zero-order valence-electron chi connectivity index (χ0n) is 44.7. The minimum Gasteiger partial charge on any atom is -0.432 e. The molecular weight excluding hydrogens is 915 g/mol. The maximum Gasteiger partial charge on any atom is 0.317 e. The molecule has 16 heteroatoms. The fourth-order valence-electron chi connectivity index (χ4n) is 15.1. The van der Waals surface area contributed by atoms with Crippen LogP contribution in [0, 0.1) is 49.7 Å². The Kier molecular flexibility index (Phi) is 18.5. The molecule has 0 aromatic heterocycles. The fourth-order valence-corrected chi connectivity index (χ4v) is 15.1. The fraction of sp³-hybridized carbons (Fsp3) is 0.909. The van der Waals surface area contributed by atoms with Crippen molar-refractivity contribution in [3.63, 3.8) is 0 Å². The van der Waals surface area contributed by atoms with Crippen LogP contribution in [0.25, 0.3) is 0 Å². The summed E-state index contributed by atoms with van der Waals surface area (Å²) in [5.41, 5.74) is -2.77. The lowest BCUT2D eigenvalue weighted by Crippen LogP contribution is -2.71. The number of allylic oxidation sites excluding steroid dienone is 2. The maximum atomic E-state index is 15.2. The predicted octanol–water partition coefficient (Wildman–Crippen LogP) is 5.41. The molecule has 6 rings (SSSR count). The zero-order chi connectivity index (χ0) is 52.5. The summed E-state index contributed by atoms with van der Waals surface area (Å²) in [6, 6.07) is -1.05. The Balaban J connectivity index is 1.07. The number of amides is 1. The Hall–Kier alpha value is -2.09. The Morgan fingerprint density at radius 3 is 2.01 bits per heavy atom. The molecule has 5 fully saturated rings. The first-order valence-corrected chi connectivity index (χ1v) is 27.1. The largest absolute Gasteiger partial charge is 0.432 e. The van der Waals surface area contributed by atoms with Gasteiger partial charge >= 0.3 is 5.97 Å². The van der Waals surface area contributed by atoms with Gasteiger partial charge in [-0.2, -0.15) is 0 Å². The molecule has 8 N–H and O–H groups in total. The van der Waals surface area contributed by atoms with Crippen molar-refractivity contribution in [2.24, 2.45) is 49.7 Å². The maximum absolute atomic E-state index is 15.2. The average Bonchev–Trinajstić information content (AvgIpc) is 3.59. The van der Waals surface area contributed by atoms with E-state index in [1.165, 1.54) is 7.11 Å². The number of aliphatic hydroxyl groups excluding tert-OH is 7. The highest BCUT2D eigenvalue weighted by molar-refractivity contribution is 5.80. The summed E-state index contributed by atoms with van der Waals surface area (Å²) < 4.78 is 29.2. The number of rotatable bonds is 21. The number of esters is 1. The number of unbranched alkanes of at least 4 members (excludes halogenated alkanes) is 7. The van der Waals surface area contributed by atoms with Crippen LogP contribution in [0.2, 0.25) is 0 Å². The summed E-state index contributed by atoms with van der Waals surface area (Å²) in [5, 5.41) is 78.3. The first-order chi connectivity index (χ1) is 33.3. The summed E-state index contributed by atoms with van der Waals surface area (Å²) in [7, 11) is 1.37. The van der Waals surface area contributed by atoms with Crippen LogP contribution in [0.1, 0.15) is 171 Å². The summed E-state index contributed by atoms with van der Waals surface area (Å²) in [4.78, 5) is 41.3. The number of methoxy groups -OCH3 is 1. The van der Waals surface area contributed by atoms with E-state index in [-0.39, 0.29) is 39.9 Å². The zero-order valence-corrected chi connectivity index (χ0v) is 44.7. The SMILES string of the molecule is COC1C(O)C(NC(=O)CCCCCCCCCCO[C@@H]2O[C@@H](CO)C(O)C2O)[C@@H](CO)O[C@H]1OC(=O)C1(CCC(C)(C)C)C(C)C2=CCC3(C)C4(C)CCC(O)C(C)(C=O)[C@@H]4CC[C@@]3(C)[C@]2(C)C[C@H]1O. The van der Waals surface area contributed by atoms with Gasteiger partial charge in [-0.3, -0.25) is 9.59 Å². The molecule has 1 amide bonds. The van der Waals surface area contributed by atoms with Crippen molar-refractivity contribution in [2.45, 2.75) is 239 Å². The minimum absolute atomic E-state index is 0.0105. The van der Waals surface area contributed by atoms with E-state index < -0.39 is 109 Å². The number of hydrogen-bond acceptors (Lipinski definition) is 15. The lowest BCUT2D eigenvalue weighted by Gasteiger charge is -2.75. The highest BCUT2D eigenvalue weighted by Gasteiger charge is 2.74. The third-order valence-electron chi connectivity index (χ3n) is 20.3. The van der Waals surface area contributed by atoms with Gasteiger partial charge in [-0.1, -0.05) is 112 Å².